The fraction of sp³-hybridized carbons (Fsp3) is 0.934. The predicted octanol–water partition coefficient (Wildman–Crippen LogP) is 16.6. The highest BCUT2D eigenvalue weighted by Gasteiger charge is 2.30. The minimum Gasteiger partial charge on any atom is -0.462 e. The van der Waals surface area contributed by atoms with Crippen molar-refractivity contribution in [3.63, 3.8) is 0 Å². The van der Waals surface area contributed by atoms with Crippen LogP contribution in [-0.2, 0) is 65.4 Å². The molecule has 80 heavy (non-hydrogen) atoms. The Morgan fingerprint density at radius 2 is 0.600 bits per heavy atom. The number of rotatable bonds is 61. The zero-order chi connectivity index (χ0) is 59.2. The second-order valence-electron chi connectivity index (χ2n) is 22.3. The molecule has 0 saturated carbocycles. The van der Waals surface area contributed by atoms with Gasteiger partial charge in [0, 0.05) is 25.7 Å². The van der Waals surface area contributed by atoms with Crippen LogP contribution >= 0.6 is 15.6 Å². The Morgan fingerprint density at radius 3 is 0.887 bits per heavy atom. The summed E-state index contributed by atoms with van der Waals surface area (Å²) >= 11 is 0. The zero-order valence-corrected chi connectivity index (χ0v) is 53.0. The van der Waals surface area contributed by atoms with Crippen LogP contribution in [0.25, 0.3) is 0 Å². The second-order valence-corrected chi connectivity index (χ2v) is 25.2. The summed E-state index contributed by atoms with van der Waals surface area (Å²) in [6.07, 6.45) is 38.0. The molecule has 19 heteroatoms. The van der Waals surface area contributed by atoms with Gasteiger partial charge in [-0.05, 0) is 31.6 Å². The average molecular weight is 1190 g/mol. The van der Waals surface area contributed by atoms with Crippen LogP contribution in [0.4, 0.5) is 0 Å². The van der Waals surface area contributed by atoms with Crippen molar-refractivity contribution < 1.29 is 80.2 Å². The largest absolute Gasteiger partial charge is 0.472 e. The van der Waals surface area contributed by atoms with Gasteiger partial charge in [0.25, 0.3) is 0 Å². The van der Waals surface area contributed by atoms with Crippen LogP contribution in [0, 0.1) is 5.92 Å². The molecule has 0 rings (SSSR count). The van der Waals surface area contributed by atoms with E-state index in [1.807, 2.05) is 0 Å². The Hall–Kier alpha value is -1.94. The molecule has 0 spiro atoms. The maximum atomic E-state index is 12.9. The highest BCUT2D eigenvalue weighted by molar-refractivity contribution is 7.47. The lowest BCUT2D eigenvalue weighted by Gasteiger charge is -2.21. The third-order valence-corrected chi connectivity index (χ3v) is 16.3. The molecule has 6 atom stereocenters. The first kappa shape index (κ1) is 78.1. The van der Waals surface area contributed by atoms with Crippen LogP contribution in [0.5, 0.6) is 0 Å². The Kier molecular flexibility index (Phi) is 53.6. The molecular weight excluding hydrogens is 1070 g/mol. The van der Waals surface area contributed by atoms with Crippen molar-refractivity contribution in [2.45, 2.75) is 323 Å². The third-order valence-electron chi connectivity index (χ3n) is 14.4. The quantitative estimate of drug-likeness (QED) is 0.0222. The van der Waals surface area contributed by atoms with E-state index in [2.05, 4.69) is 34.6 Å². The fourth-order valence-corrected chi connectivity index (χ4v) is 10.6. The molecule has 0 saturated heterocycles. The Labute approximate surface area is 486 Å². The van der Waals surface area contributed by atoms with Gasteiger partial charge in [0.05, 0.1) is 26.4 Å². The number of phosphoric acid groups is 2. The van der Waals surface area contributed by atoms with Crippen molar-refractivity contribution in [3.05, 3.63) is 0 Å². The van der Waals surface area contributed by atoms with Crippen LogP contribution in [0.1, 0.15) is 304 Å². The molecule has 0 aliphatic carbocycles. The summed E-state index contributed by atoms with van der Waals surface area (Å²) in [4.78, 5) is 71.7. The standard InChI is InChI=1S/C61H118O17P2/c1-6-10-13-16-18-19-27-31-35-40-45-59(64)72-51-57(78-61(66)47-42-37-32-28-25-23-21-20-22-24-26-30-34-38-43-54(5)9-4)53-76-80(69,70)74-49-55(62)48-73-79(67,68)75-52-56(50-71-58(63)44-39-33-15-12-8-3)77-60(65)46-41-36-29-17-14-11-7-2/h54-57,62H,6-53H2,1-5H3,(H,67,68)(H,69,70)/t54?,55-,56+,57+/m0/s1. The number of ether oxygens (including phenoxy) is 4. The van der Waals surface area contributed by atoms with Crippen molar-refractivity contribution in [2.24, 2.45) is 5.92 Å². The van der Waals surface area contributed by atoms with Crippen molar-refractivity contribution in [1.82, 2.24) is 0 Å². The van der Waals surface area contributed by atoms with Gasteiger partial charge in [0.2, 0.25) is 0 Å². The number of aliphatic hydroxyl groups is 1. The summed E-state index contributed by atoms with van der Waals surface area (Å²) < 4.78 is 67.5. The molecule has 0 amide bonds. The summed E-state index contributed by atoms with van der Waals surface area (Å²) in [7, 11) is -9.86. The average Bonchev–Trinajstić information content (AvgIpc) is 3.43. The number of phosphoric ester groups is 2. The molecule has 0 radical (unpaired) electrons. The molecule has 0 aliphatic heterocycles. The number of hydrogen-bond donors (Lipinski definition) is 3. The van der Waals surface area contributed by atoms with E-state index in [1.54, 1.807) is 0 Å². The first-order valence-corrected chi connectivity index (χ1v) is 35.2. The monoisotopic (exact) mass is 1180 g/mol. The molecule has 17 nitrogen and oxygen atoms in total. The topological polar surface area (TPSA) is 237 Å². The van der Waals surface area contributed by atoms with E-state index >= 15 is 0 Å². The number of carbonyl (C=O) groups is 4. The molecule has 0 aromatic heterocycles. The van der Waals surface area contributed by atoms with Crippen LogP contribution in [0.15, 0.2) is 0 Å². The first-order valence-electron chi connectivity index (χ1n) is 32.2. The van der Waals surface area contributed by atoms with E-state index in [9.17, 15) is 43.2 Å². The molecule has 3 N–H and O–H groups in total. The minimum absolute atomic E-state index is 0.103. The molecule has 474 valence electrons. The van der Waals surface area contributed by atoms with E-state index in [1.165, 1.54) is 109 Å². The summed E-state index contributed by atoms with van der Waals surface area (Å²) in [5, 5.41) is 10.5. The van der Waals surface area contributed by atoms with Crippen molar-refractivity contribution in [1.29, 1.82) is 0 Å². The molecular formula is C61H118O17P2. The number of unbranched alkanes of at least 4 members (excludes halogenated alkanes) is 32. The van der Waals surface area contributed by atoms with E-state index in [0.717, 1.165) is 115 Å². The maximum Gasteiger partial charge on any atom is 0.472 e. The van der Waals surface area contributed by atoms with Gasteiger partial charge >= 0.3 is 39.5 Å². The van der Waals surface area contributed by atoms with E-state index in [4.69, 9.17) is 37.0 Å². The maximum absolute atomic E-state index is 12.9. The first-order chi connectivity index (χ1) is 38.6. The molecule has 0 aromatic carbocycles. The van der Waals surface area contributed by atoms with E-state index in [-0.39, 0.29) is 25.7 Å². The van der Waals surface area contributed by atoms with Gasteiger partial charge in [-0.3, -0.25) is 37.3 Å². The molecule has 3 unspecified atom stereocenters. The third kappa shape index (κ3) is 54.0. The Balaban J connectivity index is 5.11. The summed E-state index contributed by atoms with van der Waals surface area (Å²) in [6.45, 7) is 7.09. The van der Waals surface area contributed by atoms with Crippen molar-refractivity contribution >= 4 is 39.5 Å². The number of aliphatic hydroxyl groups excluding tert-OH is 1. The van der Waals surface area contributed by atoms with Gasteiger partial charge in [-0.2, -0.15) is 0 Å². The lowest BCUT2D eigenvalue weighted by Crippen LogP contribution is -2.30. The Bertz CT molecular complexity index is 1570. The van der Waals surface area contributed by atoms with Crippen LogP contribution in [-0.4, -0.2) is 96.7 Å². The summed E-state index contributed by atoms with van der Waals surface area (Å²) in [6, 6.07) is 0. The SMILES string of the molecule is CCCCCCCCCCCCC(=O)OC[C@H](COP(=O)(O)OC[C@@H](O)COP(=O)(O)OC[C@@H](COC(=O)CCCCCCC)OC(=O)CCCCCCCCC)OC(=O)CCCCCCCCCCCCCCCCC(C)CC. The highest BCUT2D eigenvalue weighted by Crippen LogP contribution is 2.45. The van der Waals surface area contributed by atoms with Gasteiger partial charge in [0.1, 0.15) is 19.3 Å². The van der Waals surface area contributed by atoms with Gasteiger partial charge in [0.15, 0.2) is 12.2 Å². The number of esters is 4. The van der Waals surface area contributed by atoms with E-state index < -0.39 is 97.5 Å². The van der Waals surface area contributed by atoms with Gasteiger partial charge in [-0.1, -0.05) is 253 Å². The molecule has 0 bridgehead atoms. The normalized spacial score (nSPS) is 14.7. The van der Waals surface area contributed by atoms with Crippen LogP contribution in [0.2, 0.25) is 0 Å². The molecule has 0 aromatic rings. The fourth-order valence-electron chi connectivity index (χ4n) is 9.02. The highest BCUT2D eigenvalue weighted by atomic mass is 31.2. The van der Waals surface area contributed by atoms with Crippen LogP contribution in [0.3, 0.4) is 0 Å². The molecule has 0 fully saturated rings. The van der Waals surface area contributed by atoms with Gasteiger partial charge in [-0.25, -0.2) is 9.13 Å². The lowest BCUT2D eigenvalue weighted by molar-refractivity contribution is -0.161. The smallest absolute Gasteiger partial charge is 0.462 e. The minimum atomic E-state index is -4.94. The van der Waals surface area contributed by atoms with E-state index in [0.29, 0.717) is 25.7 Å². The number of hydrogen-bond acceptors (Lipinski definition) is 15. The van der Waals surface area contributed by atoms with Crippen LogP contribution < -0.4 is 0 Å². The lowest BCUT2D eigenvalue weighted by atomic mass is 9.99. The summed E-state index contributed by atoms with van der Waals surface area (Å²) in [5.74, 6) is -1.31. The predicted molar refractivity (Wildman–Crippen MR) is 317 cm³/mol. The second kappa shape index (κ2) is 55.0. The zero-order valence-electron chi connectivity index (χ0n) is 51.2. The van der Waals surface area contributed by atoms with Gasteiger partial charge < -0.3 is 33.8 Å². The molecule has 0 aliphatic rings. The Morgan fingerprint density at radius 1 is 0.350 bits per heavy atom. The summed E-state index contributed by atoms with van der Waals surface area (Å²) in [5.41, 5.74) is 0. The van der Waals surface area contributed by atoms with Gasteiger partial charge in [-0.15, -0.1) is 0 Å². The molecule has 0 heterocycles. The van der Waals surface area contributed by atoms with Crippen molar-refractivity contribution in [2.75, 3.05) is 39.6 Å². The number of carbonyl (C=O) groups excluding carboxylic acids is 4. The van der Waals surface area contributed by atoms with Crippen molar-refractivity contribution in [3.8, 4) is 0 Å².